The van der Waals surface area contributed by atoms with E-state index in [4.69, 9.17) is 9.47 Å². The van der Waals surface area contributed by atoms with E-state index in [1.54, 1.807) is 6.92 Å². The van der Waals surface area contributed by atoms with Gasteiger partial charge in [-0.1, -0.05) is 15.9 Å². The first kappa shape index (κ1) is 13.1. The molecule has 0 saturated carbocycles. The highest BCUT2D eigenvalue weighted by Crippen LogP contribution is 2.28. The number of ether oxygens (including phenoxy) is 2. The summed E-state index contributed by atoms with van der Waals surface area (Å²) >= 11 is 3.24. The average molecular weight is 253 g/mol. The molecule has 1 atom stereocenters. The van der Waals surface area contributed by atoms with Gasteiger partial charge in [0, 0.05) is 14.2 Å². The standard InChI is InChI=1S/C9H17BrO3/c1-6(10)7(11)9(2,3)8(12-4)13-5/h6,8H,1-5H3. The predicted octanol–water partition coefficient (Wildman–Crippen LogP) is 1.98. The molecule has 0 aliphatic rings. The third kappa shape index (κ3) is 3.04. The quantitative estimate of drug-likeness (QED) is 0.555. The van der Waals surface area contributed by atoms with Gasteiger partial charge in [0.15, 0.2) is 12.1 Å². The number of hydrogen-bond acceptors (Lipinski definition) is 3. The molecule has 4 heteroatoms. The van der Waals surface area contributed by atoms with Crippen molar-refractivity contribution < 1.29 is 14.3 Å². The molecule has 0 aromatic heterocycles. The molecule has 0 amide bonds. The van der Waals surface area contributed by atoms with Crippen LogP contribution in [0.5, 0.6) is 0 Å². The van der Waals surface area contributed by atoms with Crippen LogP contribution in [0.4, 0.5) is 0 Å². The normalized spacial score (nSPS) is 14.7. The van der Waals surface area contributed by atoms with Crippen LogP contribution in [0.3, 0.4) is 0 Å². The van der Waals surface area contributed by atoms with E-state index in [1.807, 2.05) is 13.8 Å². The van der Waals surface area contributed by atoms with Gasteiger partial charge in [0.05, 0.1) is 10.2 Å². The lowest BCUT2D eigenvalue weighted by Gasteiger charge is -2.31. The molecule has 0 heterocycles. The minimum absolute atomic E-state index is 0.0706. The van der Waals surface area contributed by atoms with Gasteiger partial charge in [0.1, 0.15) is 0 Å². The first-order chi connectivity index (χ1) is 5.87. The maximum absolute atomic E-state index is 11.7. The van der Waals surface area contributed by atoms with Gasteiger partial charge in [-0.05, 0) is 20.8 Å². The van der Waals surface area contributed by atoms with Crippen LogP contribution in [0.15, 0.2) is 0 Å². The Bertz CT molecular complexity index is 174. The molecule has 0 rings (SSSR count). The van der Waals surface area contributed by atoms with Gasteiger partial charge in [0.2, 0.25) is 0 Å². The van der Waals surface area contributed by atoms with Crippen molar-refractivity contribution in [2.24, 2.45) is 5.41 Å². The molecule has 0 spiro atoms. The van der Waals surface area contributed by atoms with E-state index < -0.39 is 11.7 Å². The molecule has 0 aliphatic carbocycles. The molecule has 3 nitrogen and oxygen atoms in total. The number of hydrogen-bond donors (Lipinski definition) is 0. The Labute approximate surface area is 87.9 Å². The van der Waals surface area contributed by atoms with Crippen molar-refractivity contribution in [3.05, 3.63) is 0 Å². The molecular weight excluding hydrogens is 236 g/mol. The van der Waals surface area contributed by atoms with Crippen molar-refractivity contribution in [1.82, 2.24) is 0 Å². The number of carbonyl (C=O) groups excluding carboxylic acids is 1. The summed E-state index contributed by atoms with van der Waals surface area (Å²) in [6.45, 7) is 5.42. The highest BCUT2D eigenvalue weighted by molar-refractivity contribution is 9.10. The van der Waals surface area contributed by atoms with Crippen molar-refractivity contribution in [1.29, 1.82) is 0 Å². The Morgan fingerprint density at radius 2 is 1.69 bits per heavy atom. The SMILES string of the molecule is COC(OC)C(C)(C)C(=O)C(C)Br. The Hall–Kier alpha value is 0.0700. The molecule has 0 radical (unpaired) electrons. The molecule has 0 N–H and O–H groups in total. The van der Waals surface area contributed by atoms with Crippen LogP contribution in [0.1, 0.15) is 20.8 Å². The van der Waals surface area contributed by atoms with Crippen LogP contribution < -0.4 is 0 Å². The van der Waals surface area contributed by atoms with Crippen LogP contribution in [-0.2, 0) is 14.3 Å². The monoisotopic (exact) mass is 252 g/mol. The van der Waals surface area contributed by atoms with E-state index in [2.05, 4.69) is 15.9 Å². The van der Waals surface area contributed by atoms with Gasteiger partial charge in [-0.2, -0.15) is 0 Å². The fourth-order valence-electron chi connectivity index (χ4n) is 1.31. The second-order valence-corrected chi connectivity index (χ2v) is 4.88. The Morgan fingerprint density at radius 3 is 1.92 bits per heavy atom. The Balaban J connectivity index is 4.61. The highest BCUT2D eigenvalue weighted by atomic mass is 79.9. The Morgan fingerprint density at radius 1 is 1.31 bits per heavy atom. The topological polar surface area (TPSA) is 35.5 Å². The fourth-order valence-corrected chi connectivity index (χ4v) is 1.90. The zero-order valence-corrected chi connectivity index (χ0v) is 10.3. The highest BCUT2D eigenvalue weighted by Gasteiger charge is 2.38. The zero-order valence-electron chi connectivity index (χ0n) is 8.76. The molecular formula is C9H17BrO3. The number of rotatable bonds is 5. The summed E-state index contributed by atoms with van der Waals surface area (Å²) < 4.78 is 10.1. The maximum Gasteiger partial charge on any atom is 0.168 e. The predicted molar refractivity (Wildman–Crippen MR) is 55.0 cm³/mol. The molecule has 78 valence electrons. The Kier molecular flexibility index (Phi) is 5.10. The molecule has 0 bridgehead atoms. The van der Waals surface area contributed by atoms with Crippen molar-refractivity contribution in [3.8, 4) is 0 Å². The molecule has 0 aromatic rings. The lowest BCUT2D eigenvalue weighted by atomic mass is 9.86. The zero-order chi connectivity index (χ0) is 10.6. The average Bonchev–Trinajstić information content (AvgIpc) is 2.04. The van der Waals surface area contributed by atoms with Crippen molar-refractivity contribution in [3.63, 3.8) is 0 Å². The van der Waals surface area contributed by atoms with Crippen LogP contribution in [0.25, 0.3) is 0 Å². The van der Waals surface area contributed by atoms with Gasteiger partial charge < -0.3 is 9.47 Å². The fraction of sp³-hybridized carbons (Fsp3) is 0.889. The van der Waals surface area contributed by atoms with Gasteiger partial charge in [-0.25, -0.2) is 0 Å². The summed E-state index contributed by atoms with van der Waals surface area (Å²) in [5, 5.41) is 0. The largest absolute Gasteiger partial charge is 0.355 e. The minimum atomic E-state index is -0.633. The molecule has 13 heavy (non-hydrogen) atoms. The second-order valence-electron chi connectivity index (χ2n) is 3.51. The summed E-state index contributed by atoms with van der Waals surface area (Å²) in [7, 11) is 3.06. The maximum atomic E-state index is 11.7. The van der Waals surface area contributed by atoms with Crippen LogP contribution in [0, 0.1) is 5.41 Å². The number of ketones is 1. The third-order valence-electron chi connectivity index (χ3n) is 2.01. The lowest BCUT2D eigenvalue weighted by Crippen LogP contribution is -2.42. The number of methoxy groups -OCH3 is 2. The minimum Gasteiger partial charge on any atom is -0.355 e. The van der Waals surface area contributed by atoms with Gasteiger partial charge in [0.25, 0.3) is 0 Å². The lowest BCUT2D eigenvalue weighted by molar-refractivity contribution is -0.177. The first-order valence-electron chi connectivity index (χ1n) is 4.11. The van der Waals surface area contributed by atoms with Gasteiger partial charge in [-0.15, -0.1) is 0 Å². The van der Waals surface area contributed by atoms with E-state index in [1.165, 1.54) is 14.2 Å². The van der Waals surface area contributed by atoms with Crippen molar-refractivity contribution >= 4 is 21.7 Å². The number of Topliss-reactive ketones (excluding diaryl/α,β-unsaturated/α-hetero) is 1. The van der Waals surface area contributed by atoms with Crippen LogP contribution in [0.2, 0.25) is 0 Å². The first-order valence-corrected chi connectivity index (χ1v) is 5.03. The van der Waals surface area contributed by atoms with E-state index in [0.29, 0.717) is 0 Å². The van der Waals surface area contributed by atoms with E-state index in [-0.39, 0.29) is 10.6 Å². The van der Waals surface area contributed by atoms with Crippen molar-refractivity contribution in [2.45, 2.75) is 31.9 Å². The smallest absolute Gasteiger partial charge is 0.168 e. The number of alkyl halides is 1. The summed E-state index contributed by atoms with van der Waals surface area (Å²) in [4.78, 5) is 11.5. The molecule has 0 saturated heterocycles. The number of halogens is 1. The van der Waals surface area contributed by atoms with Crippen LogP contribution >= 0.6 is 15.9 Å². The second kappa shape index (κ2) is 5.08. The summed E-state index contributed by atoms with van der Waals surface area (Å²) in [6.07, 6.45) is -0.500. The van der Waals surface area contributed by atoms with E-state index in [0.717, 1.165) is 0 Å². The molecule has 1 unspecified atom stereocenters. The van der Waals surface area contributed by atoms with E-state index >= 15 is 0 Å². The summed E-state index contributed by atoms with van der Waals surface area (Å²) in [5.74, 6) is 0.0706. The summed E-state index contributed by atoms with van der Waals surface area (Å²) in [5.41, 5.74) is -0.633. The molecule has 0 aromatic carbocycles. The van der Waals surface area contributed by atoms with Gasteiger partial charge in [-0.3, -0.25) is 4.79 Å². The van der Waals surface area contributed by atoms with E-state index in [9.17, 15) is 4.79 Å². The molecule has 0 aliphatic heterocycles. The van der Waals surface area contributed by atoms with Crippen LogP contribution in [-0.4, -0.2) is 31.1 Å². The van der Waals surface area contributed by atoms with Gasteiger partial charge >= 0.3 is 0 Å². The van der Waals surface area contributed by atoms with Crippen molar-refractivity contribution in [2.75, 3.05) is 14.2 Å². The summed E-state index contributed by atoms with van der Waals surface area (Å²) in [6, 6.07) is 0. The number of carbonyl (C=O) groups is 1. The third-order valence-corrected chi connectivity index (χ3v) is 2.43. The molecule has 0 fully saturated rings.